The Kier molecular flexibility index (Phi) is 7.67. The summed E-state index contributed by atoms with van der Waals surface area (Å²) < 4.78 is 6.95. The van der Waals surface area contributed by atoms with Crippen molar-refractivity contribution in [2.75, 3.05) is 19.6 Å². The Hall–Kier alpha value is -2.65. The summed E-state index contributed by atoms with van der Waals surface area (Å²) >= 11 is 0. The van der Waals surface area contributed by atoms with Gasteiger partial charge in [0.05, 0.1) is 4.92 Å². The van der Waals surface area contributed by atoms with Gasteiger partial charge >= 0.3 is 11.8 Å². The fraction of sp³-hybridized carbons (Fsp3) is 0.762. The Labute approximate surface area is 183 Å². The zero-order chi connectivity index (χ0) is 23.5. The van der Waals surface area contributed by atoms with E-state index in [1.54, 1.807) is 23.6 Å². The number of carbonyl (C=O) groups excluding carboxylic acids is 2. The van der Waals surface area contributed by atoms with Crippen LogP contribution in [0.2, 0.25) is 0 Å². The molecular formula is C21H35N5O5. The van der Waals surface area contributed by atoms with E-state index in [-0.39, 0.29) is 36.2 Å². The number of piperidine rings is 1. The van der Waals surface area contributed by atoms with Crippen LogP contribution < -0.4 is 0 Å². The van der Waals surface area contributed by atoms with Gasteiger partial charge in [-0.25, -0.2) is 4.79 Å². The smallest absolute Gasteiger partial charge is 0.410 e. The highest BCUT2D eigenvalue weighted by Crippen LogP contribution is 2.23. The lowest BCUT2D eigenvalue weighted by molar-refractivity contribution is -0.386. The Morgan fingerprint density at radius 1 is 1.32 bits per heavy atom. The van der Waals surface area contributed by atoms with E-state index in [0.29, 0.717) is 31.0 Å². The molecule has 1 saturated heterocycles. The molecule has 0 aromatic carbocycles. The van der Waals surface area contributed by atoms with E-state index in [0.717, 1.165) is 12.8 Å². The van der Waals surface area contributed by atoms with Gasteiger partial charge in [-0.1, -0.05) is 0 Å². The molecule has 174 valence electrons. The minimum absolute atomic E-state index is 0.0174. The average Bonchev–Trinajstić information content (AvgIpc) is 2.91. The summed E-state index contributed by atoms with van der Waals surface area (Å²) in [7, 11) is 0. The summed E-state index contributed by atoms with van der Waals surface area (Å²) in [4.78, 5) is 39.7. The highest BCUT2D eigenvalue weighted by atomic mass is 16.6. The third-order valence-corrected chi connectivity index (χ3v) is 5.39. The van der Waals surface area contributed by atoms with Crippen molar-refractivity contribution in [2.24, 2.45) is 5.92 Å². The van der Waals surface area contributed by atoms with Crippen molar-refractivity contribution in [1.82, 2.24) is 19.6 Å². The summed E-state index contributed by atoms with van der Waals surface area (Å²) in [5, 5.41) is 15.4. The molecule has 0 radical (unpaired) electrons. The Bertz CT molecular complexity index is 827. The Morgan fingerprint density at radius 3 is 2.48 bits per heavy atom. The molecule has 2 heterocycles. The molecule has 31 heavy (non-hydrogen) atoms. The lowest BCUT2D eigenvalue weighted by Gasteiger charge is -2.37. The lowest BCUT2D eigenvalue weighted by atomic mass is 9.97. The van der Waals surface area contributed by atoms with Gasteiger partial charge < -0.3 is 14.5 Å². The predicted molar refractivity (Wildman–Crippen MR) is 116 cm³/mol. The van der Waals surface area contributed by atoms with Gasteiger partial charge in [-0.2, -0.15) is 5.10 Å². The van der Waals surface area contributed by atoms with Crippen molar-refractivity contribution in [3.05, 3.63) is 21.5 Å². The third kappa shape index (κ3) is 6.41. The molecule has 10 nitrogen and oxygen atoms in total. The standard InChI is InChI=1S/C21H35N5O5/c1-14(2)24(20(28)31-21(5,6)7)12-17-9-8-10-23(11-17)18(27)13-25-16(4)19(26(29)30)15(3)22-25/h14,17H,8-13H2,1-7H3. The molecule has 1 fully saturated rings. The number of nitrogens with zero attached hydrogens (tertiary/aromatic N) is 5. The minimum Gasteiger partial charge on any atom is -0.444 e. The number of aromatic nitrogens is 2. The van der Waals surface area contributed by atoms with E-state index < -0.39 is 10.5 Å². The third-order valence-electron chi connectivity index (χ3n) is 5.39. The van der Waals surface area contributed by atoms with Crippen LogP contribution in [-0.4, -0.2) is 67.8 Å². The number of rotatable bonds is 6. The fourth-order valence-corrected chi connectivity index (χ4v) is 3.87. The number of hydrogen-bond donors (Lipinski definition) is 0. The van der Waals surface area contributed by atoms with Gasteiger partial charge in [0.1, 0.15) is 23.5 Å². The minimum atomic E-state index is -0.568. The van der Waals surface area contributed by atoms with Crippen molar-refractivity contribution in [3.8, 4) is 0 Å². The summed E-state index contributed by atoms with van der Waals surface area (Å²) in [6, 6.07) is -0.0174. The molecule has 1 aliphatic heterocycles. The van der Waals surface area contributed by atoms with E-state index >= 15 is 0 Å². The number of carbonyl (C=O) groups is 2. The first kappa shape index (κ1) is 24.6. The van der Waals surface area contributed by atoms with Gasteiger partial charge in [0.25, 0.3) is 0 Å². The van der Waals surface area contributed by atoms with Crippen LogP contribution in [0.1, 0.15) is 58.8 Å². The van der Waals surface area contributed by atoms with Gasteiger partial charge in [0, 0.05) is 25.7 Å². The van der Waals surface area contributed by atoms with Gasteiger partial charge in [0.2, 0.25) is 5.91 Å². The molecule has 1 atom stereocenters. The molecule has 1 aromatic heterocycles. The molecule has 0 N–H and O–H groups in total. The van der Waals surface area contributed by atoms with E-state index in [2.05, 4.69) is 5.10 Å². The molecule has 1 unspecified atom stereocenters. The topological polar surface area (TPSA) is 111 Å². The van der Waals surface area contributed by atoms with Crippen molar-refractivity contribution < 1.29 is 19.2 Å². The van der Waals surface area contributed by atoms with Crippen molar-refractivity contribution in [3.63, 3.8) is 0 Å². The average molecular weight is 438 g/mol. The van der Waals surface area contributed by atoms with Crippen molar-refractivity contribution in [1.29, 1.82) is 0 Å². The van der Waals surface area contributed by atoms with Crippen molar-refractivity contribution >= 4 is 17.7 Å². The molecule has 0 bridgehead atoms. The van der Waals surface area contributed by atoms with Gasteiger partial charge in [-0.3, -0.25) is 19.6 Å². The van der Waals surface area contributed by atoms with Gasteiger partial charge in [-0.05, 0) is 67.2 Å². The number of nitro groups is 1. The molecule has 1 aromatic rings. The van der Waals surface area contributed by atoms with E-state index in [1.165, 1.54) is 4.68 Å². The molecular weight excluding hydrogens is 402 g/mol. The first-order valence-electron chi connectivity index (χ1n) is 10.8. The van der Waals surface area contributed by atoms with E-state index in [1.807, 2.05) is 34.6 Å². The van der Waals surface area contributed by atoms with Crippen LogP contribution in [0.15, 0.2) is 0 Å². The Morgan fingerprint density at radius 2 is 1.97 bits per heavy atom. The quantitative estimate of drug-likeness (QED) is 0.499. The van der Waals surface area contributed by atoms with Crippen LogP contribution in [0.3, 0.4) is 0 Å². The Balaban J connectivity index is 2.04. The maximum Gasteiger partial charge on any atom is 0.410 e. The van der Waals surface area contributed by atoms with Crippen LogP contribution in [-0.2, 0) is 16.1 Å². The molecule has 2 rings (SSSR count). The zero-order valence-corrected chi connectivity index (χ0v) is 19.7. The molecule has 1 aliphatic rings. The predicted octanol–water partition coefficient (Wildman–Crippen LogP) is 3.29. The van der Waals surface area contributed by atoms with Crippen LogP contribution in [0.5, 0.6) is 0 Å². The summed E-state index contributed by atoms with van der Waals surface area (Å²) in [5.41, 5.74) is 0.0626. The monoisotopic (exact) mass is 437 g/mol. The van der Waals surface area contributed by atoms with Crippen LogP contribution >= 0.6 is 0 Å². The van der Waals surface area contributed by atoms with E-state index in [4.69, 9.17) is 4.74 Å². The highest BCUT2D eigenvalue weighted by Gasteiger charge is 2.31. The second-order valence-corrected chi connectivity index (χ2v) is 9.51. The number of likely N-dealkylation sites (tertiary alicyclic amines) is 1. The zero-order valence-electron chi connectivity index (χ0n) is 19.7. The van der Waals surface area contributed by atoms with Gasteiger partial charge in [-0.15, -0.1) is 0 Å². The number of hydrogen-bond acceptors (Lipinski definition) is 6. The molecule has 10 heteroatoms. The molecule has 2 amide bonds. The number of aryl methyl sites for hydroxylation is 1. The van der Waals surface area contributed by atoms with Crippen LogP contribution in [0, 0.1) is 29.9 Å². The normalized spacial score (nSPS) is 17.0. The van der Waals surface area contributed by atoms with E-state index in [9.17, 15) is 19.7 Å². The van der Waals surface area contributed by atoms with Crippen molar-refractivity contribution in [2.45, 2.75) is 79.5 Å². The van der Waals surface area contributed by atoms with Crippen LogP contribution in [0.25, 0.3) is 0 Å². The van der Waals surface area contributed by atoms with Crippen LogP contribution in [0.4, 0.5) is 10.5 Å². The summed E-state index contributed by atoms with van der Waals surface area (Å²) in [6.45, 7) is 14.2. The number of amides is 2. The molecule has 0 saturated carbocycles. The lowest BCUT2D eigenvalue weighted by Crippen LogP contribution is -2.48. The molecule has 0 aliphatic carbocycles. The highest BCUT2D eigenvalue weighted by molar-refractivity contribution is 5.76. The SMILES string of the molecule is Cc1nn(CC(=O)N2CCCC(CN(C(=O)OC(C)(C)C)C(C)C)C2)c(C)c1[N+](=O)[O-]. The summed E-state index contributed by atoms with van der Waals surface area (Å²) in [6.07, 6.45) is 1.41. The maximum absolute atomic E-state index is 12.9. The molecule has 0 spiro atoms. The first-order chi connectivity index (χ1) is 14.3. The second-order valence-electron chi connectivity index (χ2n) is 9.51. The number of ether oxygens (including phenoxy) is 1. The largest absolute Gasteiger partial charge is 0.444 e. The summed E-state index contributed by atoms with van der Waals surface area (Å²) in [5.74, 6) is 0.0148. The van der Waals surface area contributed by atoms with Gasteiger partial charge in [0.15, 0.2) is 0 Å². The maximum atomic E-state index is 12.9. The first-order valence-corrected chi connectivity index (χ1v) is 10.8. The second kappa shape index (κ2) is 9.65. The fourth-order valence-electron chi connectivity index (χ4n) is 3.87.